The van der Waals surface area contributed by atoms with Crippen molar-refractivity contribution in [2.75, 3.05) is 0 Å². The van der Waals surface area contributed by atoms with Gasteiger partial charge in [-0.1, -0.05) is 48.5 Å². The van der Waals surface area contributed by atoms with Crippen molar-refractivity contribution in [3.63, 3.8) is 0 Å². The molecule has 0 fully saturated rings. The summed E-state index contributed by atoms with van der Waals surface area (Å²) in [6.07, 6.45) is 1.62. The second-order valence-electron chi connectivity index (χ2n) is 6.19. The van der Waals surface area contributed by atoms with Crippen molar-refractivity contribution in [1.82, 2.24) is 0 Å². The molecule has 4 nitrogen and oxygen atoms in total. The lowest BCUT2D eigenvalue weighted by atomic mass is 10.2. The van der Waals surface area contributed by atoms with Crippen LogP contribution in [0.1, 0.15) is 16.7 Å². The Morgan fingerprint density at radius 1 is 0.964 bits per heavy atom. The summed E-state index contributed by atoms with van der Waals surface area (Å²) in [6, 6.07) is 23.0. The van der Waals surface area contributed by atoms with Crippen LogP contribution < -0.4 is 4.74 Å². The van der Waals surface area contributed by atoms with Crippen molar-refractivity contribution in [3.8, 4) is 5.75 Å². The van der Waals surface area contributed by atoms with Crippen LogP contribution in [0.4, 0.5) is 4.39 Å². The number of esters is 1. The van der Waals surface area contributed by atoms with E-state index < -0.39 is 11.8 Å². The highest BCUT2D eigenvalue weighted by molar-refractivity contribution is 6.12. The van der Waals surface area contributed by atoms with Gasteiger partial charge < -0.3 is 9.47 Å². The standard InChI is InChI=1S/C23H16FNO3/c24-19-8-4-7-18(14-19)22-25-21(23(26)28-22)13-16-9-11-20(12-10-16)27-15-17-5-2-1-3-6-17/h1-14H,15H2/b21-13+. The van der Waals surface area contributed by atoms with E-state index in [1.165, 1.54) is 18.2 Å². The van der Waals surface area contributed by atoms with Crippen LogP contribution in [0.15, 0.2) is 89.6 Å². The third-order valence-electron chi connectivity index (χ3n) is 4.12. The third kappa shape index (κ3) is 4.15. The quantitative estimate of drug-likeness (QED) is 0.479. The van der Waals surface area contributed by atoms with E-state index in [9.17, 15) is 9.18 Å². The SMILES string of the molecule is O=C1OC(c2cccc(F)c2)=N/C1=C/c1ccc(OCc2ccccc2)cc1. The van der Waals surface area contributed by atoms with Gasteiger partial charge in [0, 0.05) is 5.56 Å². The van der Waals surface area contributed by atoms with E-state index in [2.05, 4.69) is 4.99 Å². The van der Waals surface area contributed by atoms with Crippen molar-refractivity contribution in [2.24, 2.45) is 4.99 Å². The normalized spacial score (nSPS) is 14.7. The van der Waals surface area contributed by atoms with Crippen molar-refractivity contribution in [3.05, 3.63) is 107 Å². The molecule has 0 radical (unpaired) electrons. The molecule has 0 saturated heterocycles. The molecular formula is C23H16FNO3. The second kappa shape index (κ2) is 7.88. The van der Waals surface area contributed by atoms with Crippen LogP contribution in [0.3, 0.4) is 0 Å². The lowest BCUT2D eigenvalue weighted by molar-refractivity contribution is -0.129. The molecular weight excluding hydrogens is 357 g/mol. The summed E-state index contributed by atoms with van der Waals surface area (Å²) in [7, 11) is 0. The van der Waals surface area contributed by atoms with Crippen LogP contribution in [0.2, 0.25) is 0 Å². The van der Waals surface area contributed by atoms with Gasteiger partial charge in [0.25, 0.3) is 0 Å². The Bertz CT molecular complexity index is 1060. The van der Waals surface area contributed by atoms with Crippen molar-refractivity contribution < 1.29 is 18.7 Å². The van der Waals surface area contributed by atoms with Gasteiger partial charge in [0.2, 0.25) is 5.90 Å². The Hall–Kier alpha value is -3.73. The summed E-state index contributed by atoms with van der Waals surface area (Å²) in [6.45, 7) is 0.481. The topological polar surface area (TPSA) is 47.9 Å². The number of halogens is 1. The largest absolute Gasteiger partial charge is 0.489 e. The predicted octanol–water partition coefficient (Wildman–Crippen LogP) is 4.75. The summed E-state index contributed by atoms with van der Waals surface area (Å²) in [5, 5.41) is 0. The fraction of sp³-hybridized carbons (Fsp3) is 0.0435. The molecule has 0 atom stereocenters. The molecule has 1 aliphatic rings. The smallest absolute Gasteiger partial charge is 0.363 e. The molecule has 3 aromatic carbocycles. The Morgan fingerprint density at radius 2 is 1.75 bits per heavy atom. The van der Waals surface area contributed by atoms with Crippen LogP contribution in [-0.4, -0.2) is 11.9 Å². The summed E-state index contributed by atoms with van der Waals surface area (Å²) < 4.78 is 24.2. The lowest BCUT2D eigenvalue weighted by Crippen LogP contribution is -2.05. The van der Waals surface area contributed by atoms with Crippen LogP contribution in [-0.2, 0) is 16.1 Å². The fourth-order valence-corrected chi connectivity index (χ4v) is 2.71. The maximum absolute atomic E-state index is 13.3. The highest BCUT2D eigenvalue weighted by Crippen LogP contribution is 2.21. The lowest BCUT2D eigenvalue weighted by Gasteiger charge is -2.06. The van der Waals surface area contributed by atoms with Gasteiger partial charge in [-0.2, -0.15) is 0 Å². The minimum Gasteiger partial charge on any atom is -0.489 e. The van der Waals surface area contributed by atoms with Gasteiger partial charge in [-0.05, 0) is 47.5 Å². The van der Waals surface area contributed by atoms with Gasteiger partial charge in [0.15, 0.2) is 5.70 Å². The number of ether oxygens (including phenoxy) is 2. The summed E-state index contributed by atoms with van der Waals surface area (Å²) in [5.74, 6) is -0.161. The first-order valence-corrected chi connectivity index (χ1v) is 8.73. The number of carbonyl (C=O) groups excluding carboxylic acids is 1. The van der Waals surface area contributed by atoms with E-state index in [1.807, 2.05) is 54.6 Å². The van der Waals surface area contributed by atoms with Gasteiger partial charge >= 0.3 is 5.97 Å². The first-order chi connectivity index (χ1) is 13.7. The summed E-state index contributed by atoms with van der Waals surface area (Å²) in [5.41, 5.74) is 2.45. The number of rotatable bonds is 5. The van der Waals surface area contributed by atoms with Crippen molar-refractivity contribution in [2.45, 2.75) is 6.61 Å². The van der Waals surface area contributed by atoms with Crippen LogP contribution in [0.25, 0.3) is 6.08 Å². The van der Waals surface area contributed by atoms with E-state index in [1.54, 1.807) is 12.1 Å². The van der Waals surface area contributed by atoms with E-state index in [-0.39, 0.29) is 11.6 Å². The van der Waals surface area contributed by atoms with Crippen LogP contribution in [0.5, 0.6) is 5.75 Å². The second-order valence-corrected chi connectivity index (χ2v) is 6.19. The first kappa shape index (κ1) is 17.7. The van der Waals surface area contributed by atoms with Crippen LogP contribution in [0, 0.1) is 5.82 Å². The minimum absolute atomic E-state index is 0.0959. The number of benzene rings is 3. The van der Waals surface area contributed by atoms with E-state index in [0.29, 0.717) is 12.2 Å². The molecule has 0 N–H and O–H groups in total. The molecule has 28 heavy (non-hydrogen) atoms. The zero-order valence-corrected chi connectivity index (χ0v) is 14.8. The zero-order chi connectivity index (χ0) is 19.3. The average molecular weight is 373 g/mol. The molecule has 1 heterocycles. The molecule has 3 aromatic rings. The molecule has 0 aliphatic carbocycles. The maximum atomic E-state index is 13.3. The van der Waals surface area contributed by atoms with Gasteiger partial charge in [-0.15, -0.1) is 0 Å². The van der Waals surface area contributed by atoms with Gasteiger partial charge in [0.1, 0.15) is 18.2 Å². The van der Waals surface area contributed by atoms with Gasteiger partial charge in [-0.25, -0.2) is 14.2 Å². The molecule has 0 spiro atoms. The highest BCUT2D eigenvalue weighted by atomic mass is 19.1. The van der Waals surface area contributed by atoms with Crippen LogP contribution >= 0.6 is 0 Å². The monoisotopic (exact) mass is 373 g/mol. The van der Waals surface area contributed by atoms with Gasteiger partial charge in [-0.3, -0.25) is 0 Å². The van der Waals surface area contributed by atoms with E-state index >= 15 is 0 Å². The van der Waals surface area contributed by atoms with Gasteiger partial charge in [0.05, 0.1) is 0 Å². The number of nitrogens with zero attached hydrogens (tertiary/aromatic N) is 1. The van der Waals surface area contributed by atoms with Crippen molar-refractivity contribution in [1.29, 1.82) is 0 Å². The summed E-state index contributed by atoms with van der Waals surface area (Å²) in [4.78, 5) is 16.2. The third-order valence-corrected chi connectivity index (χ3v) is 4.12. The molecule has 138 valence electrons. The molecule has 0 saturated carbocycles. The molecule has 0 amide bonds. The number of hydrogen-bond acceptors (Lipinski definition) is 4. The molecule has 0 unspecified atom stereocenters. The minimum atomic E-state index is -0.566. The molecule has 0 aromatic heterocycles. The number of aliphatic imine (C=N–C) groups is 1. The molecule has 0 bridgehead atoms. The first-order valence-electron chi connectivity index (χ1n) is 8.73. The predicted molar refractivity (Wildman–Crippen MR) is 104 cm³/mol. The molecule has 1 aliphatic heterocycles. The van der Waals surface area contributed by atoms with Crippen molar-refractivity contribution >= 4 is 17.9 Å². The number of hydrogen-bond donors (Lipinski definition) is 0. The molecule has 5 heteroatoms. The van der Waals surface area contributed by atoms with E-state index in [4.69, 9.17) is 9.47 Å². The highest BCUT2D eigenvalue weighted by Gasteiger charge is 2.24. The Morgan fingerprint density at radius 3 is 2.50 bits per heavy atom. The zero-order valence-electron chi connectivity index (χ0n) is 14.8. The average Bonchev–Trinajstić information content (AvgIpc) is 3.09. The summed E-state index contributed by atoms with van der Waals surface area (Å²) >= 11 is 0. The number of carbonyl (C=O) groups is 1. The Kier molecular flexibility index (Phi) is 4.97. The number of cyclic esters (lactones) is 1. The molecule has 4 rings (SSSR count). The Balaban J connectivity index is 1.47. The fourth-order valence-electron chi connectivity index (χ4n) is 2.71. The van der Waals surface area contributed by atoms with E-state index in [0.717, 1.165) is 16.9 Å². The maximum Gasteiger partial charge on any atom is 0.363 e. The Labute approximate surface area is 161 Å².